The highest BCUT2D eigenvalue weighted by atomic mass is 19.1. The Morgan fingerprint density at radius 3 is 2.71 bits per heavy atom. The molecule has 1 N–H and O–H groups in total. The minimum Gasteiger partial charge on any atom is -0.375 e. The van der Waals surface area contributed by atoms with E-state index in [0.29, 0.717) is 11.6 Å². The van der Waals surface area contributed by atoms with E-state index in [1.165, 1.54) is 0 Å². The Labute approximate surface area is 128 Å². The Bertz CT molecular complexity index is 470. The lowest BCUT2D eigenvalue weighted by molar-refractivity contribution is -0.0939. The van der Waals surface area contributed by atoms with E-state index in [0.717, 1.165) is 37.9 Å². The fourth-order valence-electron chi connectivity index (χ4n) is 3.24. The topological polar surface area (TPSA) is 21.3 Å². The lowest BCUT2D eigenvalue weighted by Gasteiger charge is -2.41. The molecular weight excluding hydrogens is 265 g/mol. The van der Waals surface area contributed by atoms with Gasteiger partial charge in [-0.15, -0.1) is 0 Å². The summed E-state index contributed by atoms with van der Waals surface area (Å²) in [6, 6.07) is 6.13. The zero-order chi connectivity index (χ0) is 15.5. The molecule has 2 rings (SSSR count). The largest absolute Gasteiger partial charge is 0.375 e. The first-order chi connectivity index (χ1) is 9.99. The predicted octanol–water partition coefficient (Wildman–Crippen LogP) is 4.52. The molecule has 1 aliphatic rings. The van der Waals surface area contributed by atoms with Gasteiger partial charge in [0, 0.05) is 18.7 Å². The summed E-state index contributed by atoms with van der Waals surface area (Å²) >= 11 is 0. The number of ether oxygens (including phenoxy) is 1. The molecule has 0 aliphatic carbocycles. The number of benzene rings is 1. The minimum absolute atomic E-state index is 0.0220. The molecule has 0 aromatic heterocycles. The van der Waals surface area contributed by atoms with E-state index in [1.54, 1.807) is 13.0 Å². The summed E-state index contributed by atoms with van der Waals surface area (Å²) in [7, 11) is 0. The van der Waals surface area contributed by atoms with Crippen molar-refractivity contribution in [2.45, 2.75) is 71.1 Å². The highest BCUT2D eigenvalue weighted by Gasteiger charge is 2.34. The molecule has 0 bridgehead atoms. The van der Waals surface area contributed by atoms with Crippen LogP contribution in [0.15, 0.2) is 18.2 Å². The second kappa shape index (κ2) is 6.89. The fourth-order valence-corrected chi connectivity index (χ4v) is 3.24. The van der Waals surface area contributed by atoms with E-state index in [2.05, 4.69) is 26.1 Å². The maximum Gasteiger partial charge on any atom is 0.126 e. The molecule has 1 heterocycles. The molecule has 2 unspecified atom stereocenters. The average Bonchev–Trinajstić information content (AvgIpc) is 2.50. The zero-order valence-electron chi connectivity index (χ0n) is 13.7. The van der Waals surface area contributed by atoms with Crippen molar-refractivity contribution in [1.29, 1.82) is 0 Å². The van der Waals surface area contributed by atoms with Gasteiger partial charge in [-0.2, -0.15) is 0 Å². The van der Waals surface area contributed by atoms with Crippen LogP contribution in [0.25, 0.3) is 0 Å². The van der Waals surface area contributed by atoms with Crippen LogP contribution < -0.4 is 5.32 Å². The van der Waals surface area contributed by atoms with Gasteiger partial charge in [0.2, 0.25) is 0 Å². The normalized spacial score (nSPS) is 23.0. The summed E-state index contributed by atoms with van der Waals surface area (Å²) < 4.78 is 19.7. The Kier molecular flexibility index (Phi) is 5.39. The number of nitrogens with one attached hydrogen (secondary N) is 1. The van der Waals surface area contributed by atoms with Crippen molar-refractivity contribution in [1.82, 2.24) is 5.32 Å². The molecule has 1 aromatic carbocycles. The quantitative estimate of drug-likeness (QED) is 0.861. The molecule has 1 aliphatic heterocycles. The molecular formula is C18H28FNO. The van der Waals surface area contributed by atoms with Crippen LogP contribution in [0.1, 0.15) is 63.6 Å². The fraction of sp³-hybridized carbons (Fsp3) is 0.667. The molecule has 118 valence electrons. The van der Waals surface area contributed by atoms with Crippen molar-refractivity contribution < 1.29 is 9.13 Å². The van der Waals surface area contributed by atoms with Gasteiger partial charge >= 0.3 is 0 Å². The highest BCUT2D eigenvalue weighted by Crippen LogP contribution is 2.32. The van der Waals surface area contributed by atoms with E-state index in [4.69, 9.17) is 4.74 Å². The Balaban J connectivity index is 2.01. The minimum atomic E-state index is -0.121. The van der Waals surface area contributed by atoms with Crippen LogP contribution in [-0.4, -0.2) is 18.2 Å². The molecule has 0 spiro atoms. The van der Waals surface area contributed by atoms with Crippen molar-refractivity contribution in [2.24, 2.45) is 0 Å². The van der Waals surface area contributed by atoms with Crippen LogP contribution in [0.5, 0.6) is 0 Å². The van der Waals surface area contributed by atoms with Gasteiger partial charge in [0.05, 0.1) is 5.60 Å². The molecule has 21 heavy (non-hydrogen) atoms. The molecule has 1 saturated heterocycles. The van der Waals surface area contributed by atoms with Crippen LogP contribution in [0.3, 0.4) is 0 Å². The number of rotatable bonds is 5. The third-order valence-electron chi connectivity index (χ3n) is 4.96. The van der Waals surface area contributed by atoms with Gasteiger partial charge in [-0.05, 0) is 56.7 Å². The predicted molar refractivity (Wildman–Crippen MR) is 85.0 cm³/mol. The van der Waals surface area contributed by atoms with Gasteiger partial charge in [0.15, 0.2) is 0 Å². The van der Waals surface area contributed by atoms with E-state index < -0.39 is 0 Å². The average molecular weight is 293 g/mol. The van der Waals surface area contributed by atoms with Crippen LogP contribution in [0.4, 0.5) is 4.39 Å². The van der Waals surface area contributed by atoms with Gasteiger partial charge in [-0.25, -0.2) is 4.39 Å². The highest BCUT2D eigenvalue weighted by molar-refractivity contribution is 5.25. The summed E-state index contributed by atoms with van der Waals surface area (Å²) in [6.45, 7) is 9.12. The van der Waals surface area contributed by atoms with Gasteiger partial charge in [-0.3, -0.25) is 0 Å². The number of hydrogen-bond acceptors (Lipinski definition) is 2. The van der Waals surface area contributed by atoms with Gasteiger partial charge in [-0.1, -0.05) is 26.0 Å². The Hall–Kier alpha value is -0.930. The zero-order valence-corrected chi connectivity index (χ0v) is 13.7. The van der Waals surface area contributed by atoms with E-state index >= 15 is 0 Å². The van der Waals surface area contributed by atoms with Gasteiger partial charge in [0.25, 0.3) is 0 Å². The molecule has 1 fully saturated rings. The summed E-state index contributed by atoms with van der Waals surface area (Å²) in [4.78, 5) is 0. The second-order valence-corrected chi connectivity index (χ2v) is 6.33. The van der Waals surface area contributed by atoms with Crippen LogP contribution >= 0.6 is 0 Å². The summed E-state index contributed by atoms with van der Waals surface area (Å²) in [6.07, 6.45) is 4.17. The van der Waals surface area contributed by atoms with Crippen LogP contribution in [0, 0.1) is 12.7 Å². The van der Waals surface area contributed by atoms with Gasteiger partial charge < -0.3 is 10.1 Å². The smallest absolute Gasteiger partial charge is 0.126 e. The van der Waals surface area contributed by atoms with E-state index in [9.17, 15) is 4.39 Å². The summed E-state index contributed by atoms with van der Waals surface area (Å²) in [5, 5.41) is 3.66. The lowest BCUT2D eigenvalue weighted by atomic mass is 9.85. The maximum absolute atomic E-state index is 13.7. The van der Waals surface area contributed by atoms with Crippen molar-refractivity contribution in [3.05, 3.63) is 35.1 Å². The first-order valence-corrected chi connectivity index (χ1v) is 8.15. The molecule has 0 saturated carbocycles. The standard InChI is InChI=1S/C18H28FNO/c1-5-18(6-2)12-16(9-10-21-18)20-14(4)15-8-7-13(3)17(19)11-15/h7-8,11,14,16,20H,5-6,9-10,12H2,1-4H3. The monoisotopic (exact) mass is 293 g/mol. The third-order valence-corrected chi connectivity index (χ3v) is 4.96. The third kappa shape index (κ3) is 3.83. The van der Waals surface area contributed by atoms with Crippen molar-refractivity contribution in [3.63, 3.8) is 0 Å². The maximum atomic E-state index is 13.7. The number of hydrogen-bond donors (Lipinski definition) is 1. The van der Waals surface area contributed by atoms with E-state index in [1.807, 2.05) is 12.1 Å². The van der Waals surface area contributed by atoms with Crippen molar-refractivity contribution in [2.75, 3.05) is 6.61 Å². The van der Waals surface area contributed by atoms with Crippen molar-refractivity contribution in [3.8, 4) is 0 Å². The number of halogens is 1. The van der Waals surface area contributed by atoms with Gasteiger partial charge in [0.1, 0.15) is 5.82 Å². The van der Waals surface area contributed by atoms with Crippen molar-refractivity contribution >= 4 is 0 Å². The Morgan fingerprint density at radius 2 is 2.10 bits per heavy atom. The first-order valence-electron chi connectivity index (χ1n) is 8.15. The summed E-state index contributed by atoms with van der Waals surface area (Å²) in [5.41, 5.74) is 1.74. The van der Waals surface area contributed by atoms with Crippen LogP contribution in [0.2, 0.25) is 0 Å². The molecule has 3 heteroatoms. The van der Waals surface area contributed by atoms with Crippen LogP contribution in [-0.2, 0) is 4.74 Å². The van der Waals surface area contributed by atoms with E-state index in [-0.39, 0.29) is 17.5 Å². The molecule has 2 atom stereocenters. The number of aryl methyl sites for hydroxylation is 1. The first kappa shape index (κ1) is 16.4. The Morgan fingerprint density at radius 1 is 1.38 bits per heavy atom. The summed E-state index contributed by atoms with van der Waals surface area (Å²) in [5.74, 6) is -0.121. The molecule has 0 radical (unpaired) electrons. The molecule has 1 aromatic rings. The lowest BCUT2D eigenvalue weighted by Crippen LogP contribution is -2.47. The second-order valence-electron chi connectivity index (χ2n) is 6.33. The SMILES string of the molecule is CCC1(CC)CC(NC(C)c2ccc(C)c(F)c2)CCO1. The molecule has 0 amide bonds. The molecule has 2 nitrogen and oxygen atoms in total.